The Morgan fingerprint density at radius 1 is 1.50 bits per heavy atom. The summed E-state index contributed by atoms with van der Waals surface area (Å²) in [7, 11) is 0. The SMILES string of the molecule is Cc1cccc(/C=C2\SC(=S)N([C@@H](C)C(=O)O)C2=O)c1. The summed E-state index contributed by atoms with van der Waals surface area (Å²) in [6.07, 6.45) is 1.74. The zero-order valence-electron chi connectivity index (χ0n) is 11.0. The van der Waals surface area contributed by atoms with Gasteiger partial charge < -0.3 is 5.11 Å². The molecule has 1 aromatic carbocycles. The van der Waals surface area contributed by atoms with Gasteiger partial charge in [-0.2, -0.15) is 0 Å². The summed E-state index contributed by atoms with van der Waals surface area (Å²) in [6, 6.07) is 6.76. The number of thioether (sulfide) groups is 1. The maximum atomic E-state index is 12.2. The van der Waals surface area contributed by atoms with Gasteiger partial charge in [-0.05, 0) is 25.5 Å². The molecule has 0 aliphatic carbocycles. The van der Waals surface area contributed by atoms with Crippen molar-refractivity contribution >= 4 is 46.3 Å². The van der Waals surface area contributed by atoms with Gasteiger partial charge in [0.15, 0.2) is 0 Å². The van der Waals surface area contributed by atoms with Crippen molar-refractivity contribution in [1.29, 1.82) is 0 Å². The zero-order chi connectivity index (χ0) is 14.9. The molecule has 1 aliphatic heterocycles. The van der Waals surface area contributed by atoms with E-state index in [-0.39, 0.29) is 10.2 Å². The molecular formula is C14H13NO3S2. The summed E-state index contributed by atoms with van der Waals surface area (Å²) in [6.45, 7) is 3.41. The molecule has 1 fully saturated rings. The average Bonchev–Trinajstić information content (AvgIpc) is 2.63. The Labute approximate surface area is 126 Å². The summed E-state index contributed by atoms with van der Waals surface area (Å²) < 4.78 is 0.281. The lowest BCUT2D eigenvalue weighted by molar-refractivity contribution is -0.144. The van der Waals surface area contributed by atoms with Crippen LogP contribution in [0.25, 0.3) is 6.08 Å². The average molecular weight is 307 g/mol. The van der Waals surface area contributed by atoms with Crippen molar-refractivity contribution in [2.24, 2.45) is 0 Å². The highest BCUT2D eigenvalue weighted by Crippen LogP contribution is 2.33. The molecule has 1 atom stereocenters. The molecule has 104 valence electrons. The molecule has 2 rings (SSSR count). The number of nitrogens with zero attached hydrogens (tertiary/aromatic N) is 1. The van der Waals surface area contributed by atoms with E-state index in [1.807, 2.05) is 31.2 Å². The molecule has 1 N–H and O–H groups in total. The zero-order valence-corrected chi connectivity index (χ0v) is 12.6. The smallest absolute Gasteiger partial charge is 0.326 e. The quantitative estimate of drug-likeness (QED) is 0.687. The number of aliphatic carboxylic acids is 1. The number of carbonyl (C=O) groups is 2. The summed E-state index contributed by atoms with van der Waals surface area (Å²) in [5.41, 5.74) is 1.99. The highest BCUT2D eigenvalue weighted by molar-refractivity contribution is 8.26. The van der Waals surface area contributed by atoms with Gasteiger partial charge in [-0.15, -0.1) is 0 Å². The van der Waals surface area contributed by atoms with Crippen LogP contribution >= 0.6 is 24.0 Å². The molecule has 0 saturated carbocycles. The lowest BCUT2D eigenvalue weighted by Gasteiger charge is -2.18. The maximum Gasteiger partial charge on any atom is 0.326 e. The highest BCUT2D eigenvalue weighted by Gasteiger charge is 2.38. The maximum absolute atomic E-state index is 12.2. The molecule has 1 aliphatic rings. The highest BCUT2D eigenvalue weighted by atomic mass is 32.2. The minimum Gasteiger partial charge on any atom is -0.480 e. The lowest BCUT2D eigenvalue weighted by atomic mass is 10.1. The molecule has 1 amide bonds. The molecular weight excluding hydrogens is 294 g/mol. The number of hydrogen-bond acceptors (Lipinski definition) is 4. The second kappa shape index (κ2) is 5.76. The van der Waals surface area contributed by atoms with Crippen LogP contribution in [0, 0.1) is 6.92 Å². The first kappa shape index (κ1) is 14.7. The topological polar surface area (TPSA) is 57.6 Å². The third kappa shape index (κ3) is 2.91. The minimum atomic E-state index is -1.07. The molecule has 0 unspecified atom stereocenters. The number of aryl methyl sites for hydroxylation is 1. The van der Waals surface area contributed by atoms with Gasteiger partial charge in [0.2, 0.25) is 0 Å². The molecule has 0 aromatic heterocycles. The molecule has 0 spiro atoms. The number of hydrogen-bond donors (Lipinski definition) is 1. The van der Waals surface area contributed by atoms with Crippen molar-refractivity contribution in [3.63, 3.8) is 0 Å². The van der Waals surface area contributed by atoms with Crippen LogP contribution in [-0.4, -0.2) is 32.2 Å². The fourth-order valence-corrected chi connectivity index (χ4v) is 3.25. The second-order valence-corrected chi connectivity index (χ2v) is 6.16. The number of rotatable bonds is 3. The molecule has 6 heteroatoms. The predicted molar refractivity (Wildman–Crippen MR) is 83.3 cm³/mol. The molecule has 20 heavy (non-hydrogen) atoms. The van der Waals surface area contributed by atoms with Gasteiger partial charge in [-0.3, -0.25) is 9.69 Å². The Morgan fingerprint density at radius 2 is 2.20 bits per heavy atom. The van der Waals surface area contributed by atoms with Gasteiger partial charge in [0.1, 0.15) is 10.4 Å². The summed E-state index contributed by atoms with van der Waals surface area (Å²) in [4.78, 5) is 24.8. The number of amides is 1. The Kier molecular flexibility index (Phi) is 4.25. The molecule has 4 nitrogen and oxygen atoms in total. The Hall–Kier alpha value is -1.66. The summed E-state index contributed by atoms with van der Waals surface area (Å²) >= 11 is 6.23. The second-order valence-electron chi connectivity index (χ2n) is 4.48. The van der Waals surface area contributed by atoms with E-state index in [1.54, 1.807) is 6.08 Å². The van der Waals surface area contributed by atoms with Gasteiger partial charge in [-0.1, -0.05) is 53.8 Å². The molecule has 0 radical (unpaired) electrons. The van der Waals surface area contributed by atoms with Crippen LogP contribution in [0.3, 0.4) is 0 Å². The van der Waals surface area contributed by atoms with E-state index in [2.05, 4.69) is 0 Å². The normalized spacial score (nSPS) is 18.7. The number of carboxylic acids is 1. The van der Waals surface area contributed by atoms with Crippen molar-refractivity contribution in [2.45, 2.75) is 19.9 Å². The van der Waals surface area contributed by atoms with Crippen LogP contribution in [0.5, 0.6) is 0 Å². The van der Waals surface area contributed by atoms with Crippen LogP contribution in [-0.2, 0) is 9.59 Å². The van der Waals surface area contributed by atoms with Crippen molar-refractivity contribution in [2.75, 3.05) is 0 Å². The Morgan fingerprint density at radius 3 is 2.80 bits per heavy atom. The Balaban J connectivity index is 2.30. The number of benzene rings is 1. The number of carbonyl (C=O) groups excluding carboxylic acids is 1. The van der Waals surface area contributed by atoms with E-state index in [0.717, 1.165) is 27.8 Å². The molecule has 1 heterocycles. The van der Waals surface area contributed by atoms with Crippen LogP contribution in [0.1, 0.15) is 18.1 Å². The van der Waals surface area contributed by atoms with Gasteiger partial charge >= 0.3 is 5.97 Å². The molecule has 0 bridgehead atoms. The third-order valence-corrected chi connectivity index (χ3v) is 4.24. The molecule has 1 aromatic rings. The van der Waals surface area contributed by atoms with Gasteiger partial charge in [-0.25, -0.2) is 4.79 Å². The largest absolute Gasteiger partial charge is 0.480 e. The first-order valence-electron chi connectivity index (χ1n) is 5.96. The van der Waals surface area contributed by atoms with E-state index < -0.39 is 12.0 Å². The fourth-order valence-electron chi connectivity index (χ4n) is 1.84. The van der Waals surface area contributed by atoms with Gasteiger partial charge in [0.25, 0.3) is 5.91 Å². The number of carboxylic acid groups (broad SMARTS) is 1. The van der Waals surface area contributed by atoms with Crippen LogP contribution in [0.4, 0.5) is 0 Å². The van der Waals surface area contributed by atoms with Gasteiger partial charge in [0, 0.05) is 0 Å². The van der Waals surface area contributed by atoms with Crippen molar-refractivity contribution in [3.8, 4) is 0 Å². The van der Waals surface area contributed by atoms with E-state index in [9.17, 15) is 9.59 Å². The van der Waals surface area contributed by atoms with Crippen molar-refractivity contribution in [3.05, 3.63) is 40.3 Å². The molecule has 1 saturated heterocycles. The first-order chi connectivity index (χ1) is 9.40. The summed E-state index contributed by atoms with van der Waals surface area (Å²) in [5, 5.41) is 9.01. The lowest BCUT2D eigenvalue weighted by Crippen LogP contribution is -2.41. The van der Waals surface area contributed by atoms with Crippen LogP contribution in [0.15, 0.2) is 29.2 Å². The Bertz CT molecular complexity index is 625. The first-order valence-corrected chi connectivity index (χ1v) is 7.19. The summed E-state index contributed by atoms with van der Waals surface area (Å²) in [5.74, 6) is -1.42. The van der Waals surface area contributed by atoms with E-state index >= 15 is 0 Å². The van der Waals surface area contributed by atoms with Gasteiger partial charge in [0.05, 0.1) is 4.91 Å². The van der Waals surface area contributed by atoms with E-state index in [4.69, 9.17) is 17.3 Å². The van der Waals surface area contributed by atoms with E-state index in [0.29, 0.717) is 4.91 Å². The predicted octanol–water partition coefficient (Wildman–Crippen LogP) is 2.67. The third-order valence-electron chi connectivity index (χ3n) is 2.91. The fraction of sp³-hybridized carbons (Fsp3) is 0.214. The van der Waals surface area contributed by atoms with Crippen molar-refractivity contribution in [1.82, 2.24) is 4.90 Å². The minimum absolute atomic E-state index is 0.281. The van der Waals surface area contributed by atoms with Crippen molar-refractivity contribution < 1.29 is 14.7 Å². The van der Waals surface area contributed by atoms with Crippen LogP contribution in [0.2, 0.25) is 0 Å². The number of thiocarbonyl (C=S) groups is 1. The van der Waals surface area contributed by atoms with E-state index in [1.165, 1.54) is 6.92 Å². The standard InChI is InChI=1S/C14H13NO3S2/c1-8-4-3-5-10(6-8)7-11-12(16)15(14(19)20-11)9(2)13(17)18/h3-7,9H,1-2H3,(H,17,18)/b11-7-/t9-/m0/s1. The monoisotopic (exact) mass is 307 g/mol. The van der Waals surface area contributed by atoms with Crippen LogP contribution < -0.4 is 0 Å².